The molecule has 0 bridgehead atoms. The summed E-state index contributed by atoms with van der Waals surface area (Å²) in [5, 5.41) is 4.14. The van der Waals surface area contributed by atoms with Crippen LogP contribution in [0, 0.1) is 0 Å². The summed E-state index contributed by atoms with van der Waals surface area (Å²) in [6.07, 6.45) is 5.40. The third kappa shape index (κ3) is 4.11. The van der Waals surface area contributed by atoms with Gasteiger partial charge in [-0.3, -0.25) is 9.97 Å². The molecule has 1 saturated heterocycles. The molecule has 1 aromatic carbocycles. The highest BCUT2D eigenvalue weighted by Gasteiger charge is 2.41. The number of benzene rings is 1. The van der Waals surface area contributed by atoms with Crippen molar-refractivity contribution in [3.05, 3.63) is 107 Å². The van der Waals surface area contributed by atoms with E-state index in [1.807, 2.05) is 66.7 Å². The normalized spacial score (nSPS) is 18.2. The highest BCUT2D eigenvalue weighted by Crippen LogP contribution is 2.41. The summed E-state index contributed by atoms with van der Waals surface area (Å²) in [5.41, 5.74) is 3.08. The Morgan fingerprint density at radius 2 is 1.77 bits per heavy atom. The summed E-state index contributed by atoms with van der Waals surface area (Å²) in [4.78, 5) is 10.9. The number of aromatic nitrogens is 2. The first kappa shape index (κ1) is 19.9. The van der Waals surface area contributed by atoms with Gasteiger partial charge in [-0.2, -0.15) is 0 Å². The van der Waals surface area contributed by atoms with E-state index in [-0.39, 0.29) is 12.1 Å². The fraction of sp³-hybridized carbons (Fsp3) is 0.125. The molecule has 154 valence electrons. The van der Waals surface area contributed by atoms with Crippen LogP contribution < -0.4 is 5.32 Å². The molecule has 0 aliphatic carbocycles. The third-order valence-electron chi connectivity index (χ3n) is 5.35. The Hall–Kier alpha value is -3.03. The Morgan fingerprint density at radius 1 is 0.968 bits per heavy atom. The lowest BCUT2D eigenvalue weighted by Crippen LogP contribution is -2.29. The summed E-state index contributed by atoms with van der Waals surface area (Å²) in [5.74, 6) is 1.67. The molecule has 3 aromatic heterocycles. The van der Waals surface area contributed by atoms with E-state index in [1.54, 1.807) is 18.6 Å². The van der Waals surface area contributed by atoms with Gasteiger partial charge in [-0.1, -0.05) is 34.1 Å². The van der Waals surface area contributed by atoms with E-state index in [0.717, 1.165) is 32.8 Å². The Bertz CT molecular complexity index is 1180. The van der Waals surface area contributed by atoms with E-state index >= 15 is 0 Å². The molecule has 0 amide bonds. The van der Waals surface area contributed by atoms with Gasteiger partial charge in [0.25, 0.3) is 0 Å². The van der Waals surface area contributed by atoms with Crippen molar-refractivity contribution >= 4 is 33.3 Å². The number of furan rings is 1. The average Bonchev–Trinajstić information content (AvgIpc) is 3.41. The average molecular weight is 491 g/mol. The van der Waals surface area contributed by atoms with Gasteiger partial charge in [0, 0.05) is 35.2 Å². The first-order valence-corrected chi connectivity index (χ1v) is 11.1. The first-order chi connectivity index (χ1) is 15.2. The molecule has 2 atom stereocenters. The zero-order chi connectivity index (χ0) is 21.2. The molecule has 5 rings (SSSR count). The molecule has 5 nitrogen and oxygen atoms in total. The summed E-state index contributed by atoms with van der Waals surface area (Å²) < 4.78 is 7.40. The van der Waals surface area contributed by atoms with E-state index in [9.17, 15) is 0 Å². The SMILES string of the molecule is S=C1N[C@@H](c2ccccn2)[C@H](c2ccc(-c3ccc(Br)cc3)o2)N1Cc1ccncc1. The molecular weight excluding hydrogens is 472 g/mol. The fourth-order valence-electron chi connectivity index (χ4n) is 3.85. The van der Waals surface area contributed by atoms with Gasteiger partial charge in [0.1, 0.15) is 17.6 Å². The summed E-state index contributed by atoms with van der Waals surface area (Å²) in [6, 6.07) is 21.8. The Balaban J connectivity index is 1.53. The van der Waals surface area contributed by atoms with Gasteiger partial charge in [0.15, 0.2) is 5.11 Å². The van der Waals surface area contributed by atoms with Crippen molar-refractivity contribution in [3.8, 4) is 11.3 Å². The molecule has 0 spiro atoms. The highest BCUT2D eigenvalue weighted by molar-refractivity contribution is 9.10. The predicted molar refractivity (Wildman–Crippen MR) is 127 cm³/mol. The summed E-state index contributed by atoms with van der Waals surface area (Å²) in [7, 11) is 0. The second-order valence-electron chi connectivity index (χ2n) is 7.32. The monoisotopic (exact) mass is 490 g/mol. The molecule has 1 fully saturated rings. The first-order valence-electron chi connectivity index (χ1n) is 9.92. The molecule has 1 N–H and O–H groups in total. The summed E-state index contributed by atoms with van der Waals surface area (Å²) >= 11 is 9.22. The molecular formula is C24H19BrN4OS. The van der Waals surface area contributed by atoms with Crippen molar-refractivity contribution in [1.82, 2.24) is 20.2 Å². The lowest BCUT2D eigenvalue weighted by atomic mass is 10.0. The molecule has 1 aliphatic rings. The number of nitrogens with one attached hydrogen (secondary N) is 1. The van der Waals surface area contributed by atoms with Gasteiger partial charge in [-0.15, -0.1) is 0 Å². The van der Waals surface area contributed by atoms with Crippen LogP contribution in [0.15, 0.2) is 94.2 Å². The molecule has 4 heterocycles. The van der Waals surface area contributed by atoms with Crippen LogP contribution in [-0.2, 0) is 6.54 Å². The van der Waals surface area contributed by atoms with Crippen LogP contribution >= 0.6 is 28.1 Å². The maximum Gasteiger partial charge on any atom is 0.170 e. The number of nitrogens with zero attached hydrogens (tertiary/aromatic N) is 3. The quantitative estimate of drug-likeness (QED) is 0.363. The van der Waals surface area contributed by atoms with Gasteiger partial charge >= 0.3 is 0 Å². The lowest BCUT2D eigenvalue weighted by molar-refractivity contribution is 0.269. The minimum Gasteiger partial charge on any atom is -0.459 e. The minimum atomic E-state index is -0.125. The van der Waals surface area contributed by atoms with Crippen LogP contribution in [0.4, 0.5) is 0 Å². The third-order valence-corrected chi connectivity index (χ3v) is 6.23. The number of thiocarbonyl (C=S) groups is 1. The lowest BCUT2D eigenvalue weighted by Gasteiger charge is -2.26. The fourth-order valence-corrected chi connectivity index (χ4v) is 4.42. The van der Waals surface area contributed by atoms with Gasteiger partial charge in [0.2, 0.25) is 0 Å². The zero-order valence-corrected chi connectivity index (χ0v) is 18.9. The van der Waals surface area contributed by atoms with E-state index < -0.39 is 0 Å². The number of rotatable bonds is 5. The topological polar surface area (TPSA) is 54.2 Å². The molecule has 7 heteroatoms. The number of hydrogen-bond donors (Lipinski definition) is 1. The van der Waals surface area contributed by atoms with Crippen molar-refractivity contribution in [3.63, 3.8) is 0 Å². The molecule has 1 aliphatic heterocycles. The molecule has 0 saturated carbocycles. The van der Waals surface area contributed by atoms with Crippen LogP contribution in [-0.4, -0.2) is 20.0 Å². The minimum absolute atomic E-state index is 0.112. The maximum absolute atomic E-state index is 6.36. The van der Waals surface area contributed by atoms with E-state index in [0.29, 0.717) is 11.7 Å². The molecule has 0 radical (unpaired) electrons. The summed E-state index contributed by atoms with van der Waals surface area (Å²) in [6.45, 7) is 0.649. The molecule has 4 aromatic rings. The largest absolute Gasteiger partial charge is 0.459 e. The van der Waals surface area contributed by atoms with Gasteiger partial charge in [-0.25, -0.2) is 0 Å². The van der Waals surface area contributed by atoms with Crippen molar-refractivity contribution < 1.29 is 4.42 Å². The van der Waals surface area contributed by atoms with Crippen molar-refractivity contribution in [2.24, 2.45) is 0 Å². The number of halogens is 1. The Morgan fingerprint density at radius 3 is 2.52 bits per heavy atom. The van der Waals surface area contributed by atoms with Crippen LogP contribution in [0.1, 0.15) is 29.1 Å². The molecule has 0 unspecified atom stereocenters. The number of pyridine rings is 2. The Labute approximate surface area is 194 Å². The predicted octanol–water partition coefficient (Wildman–Crippen LogP) is 5.67. The maximum atomic E-state index is 6.36. The zero-order valence-electron chi connectivity index (χ0n) is 16.5. The van der Waals surface area contributed by atoms with Gasteiger partial charge < -0.3 is 14.6 Å². The van der Waals surface area contributed by atoms with Gasteiger partial charge in [0.05, 0.1) is 11.7 Å². The standard InChI is InChI=1S/C24H19BrN4OS/c25-18-6-4-17(5-7-18)20-8-9-21(30-20)23-22(19-3-1-2-12-27-19)28-24(31)29(23)15-16-10-13-26-14-11-16/h1-14,22-23H,15H2,(H,28,31)/t22-,23-/m0/s1. The second kappa shape index (κ2) is 8.61. The van der Waals surface area contributed by atoms with Crippen LogP contribution in [0.2, 0.25) is 0 Å². The van der Waals surface area contributed by atoms with Crippen LogP contribution in [0.5, 0.6) is 0 Å². The molecule has 31 heavy (non-hydrogen) atoms. The highest BCUT2D eigenvalue weighted by atomic mass is 79.9. The van der Waals surface area contributed by atoms with Crippen molar-refractivity contribution in [1.29, 1.82) is 0 Å². The van der Waals surface area contributed by atoms with Crippen molar-refractivity contribution in [2.75, 3.05) is 0 Å². The van der Waals surface area contributed by atoms with Crippen LogP contribution in [0.3, 0.4) is 0 Å². The smallest absolute Gasteiger partial charge is 0.170 e. The van der Waals surface area contributed by atoms with Gasteiger partial charge in [-0.05, 0) is 66.3 Å². The van der Waals surface area contributed by atoms with E-state index in [2.05, 4.69) is 36.1 Å². The van der Waals surface area contributed by atoms with E-state index in [1.165, 1.54) is 0 Å². The van der Waals surface area contributed by atoms with Crippen LogP contribution in [0.25, 0.3) is 11.3 Å². The van der Waals surface area contributed by atoms with Crippen molar-refractivity contribution in [2.45, 2.75) is 18.6 Å². The Kier molecular flexibility index (Phi) is 5.53. The number of hydrogen-bond acceptors (Lipinski definition) is 4. The second-order valence-corrected chi connectivity index (χ2v) is 8.62. The van der Waals surface area contributed by atoms with E-state index in [4.69, 9.17) is 16.6 Å².